The Kier molecular flexibility index (Phi) is 62.4. The van der Waals surface area contributed by atoms with Crippen LogP contribution in [-0.2, 0) is 14.3 Å². The lowest BCUT2D eigenvalue weighted by molar-refractivity contribution is -0.302. The molecule has 1 amide bonds. The molecule has 0 saturated carbocycles. The predicted molar refractivity (Wildman–Crippen MR) is 377 cm³/mol. The number of hydrogen-bond acceptors (Lipinski definition) is 8. The Morgan fingerprint density at radius 2 is 0.705 bits per heavy atom. The van der Waals surface area contributed by atoms with Crippen LogP contribution >= 0.6 is 0 Å². The van der Waals surface area contributed by atoms with Crippen LogP contribution in [0.25, 0.3) is 0 Å². The third kappa shape index (κ3) is 54.3. The maximum Gasteiger partial charge on any atom is 0.220 e. The minimum absolute atomic E-state index is 0.146. The summed E-state index contributed by atoms with van der Waals surface area (Å²) >= 11 is 0. The van der Waals surface area contributed by atoms with Crippen molar-refractivity contribution in [2.45, 2.75) is 358 Å². The lowest BCUT2D eigenvalue weighted by Gasteiger charge is -2.40. The molecule has 0 radical (unpaired) electrons. The number of aliphatic hydroxyl groups excluding tert-OH is 5. The predicted octanol–water partition coefficient (Wildman–Crippen LogP) is 20.6. The molecule has 1 rings (SSSR count). The molecular formula is C79H137NO8. The fourth-order valence-electron chi connectivity index (χ4n) is 11.1. The number of ether oxygens (including phenoxy) is 2. The molecule has 0 aromatic rings. The van der Waals surface area contributed by atoms with E-state index in [4.69, 9.17) is 9.47 Å². The minimum atomic E-state index is -1.56. The Balaban J connectivity index is 2.14. The van der Waals surface area contributed by atoms with E-state index >= 15 is 0 Å². The highest BCUT2D eigenvalue weighted by molar-refractivity contribution is 5.76. The molecule has 1 fully saturated rings. The second-order valence-corrected chi connectivity index (χ2v) is 25.0. The first-order chi connectivity index (χ1) is 43.3. The SMILES string of the molecule is CC/C=C\C/C=C\C/C=C\C/C=C\C/C=C\C/C=C\C/C=C\C/C=C\C/C=C\C/C=C\CCCCCCCCCCC(=O)NC(COC1OC(CO)C(O)C(O)C1O)C(O)CCCCCCCCCCCCCCCCCCCCCCCCCCCC. The monoisotopic (exact) mass is 1230 g/mol. The Labute approximate surface area is 541 Å². The summed E-state index contributed by atoms with van der Waals surface area (Å²) in [4.78, 5) is 13.2. The van der Waals surface area contributed by atoms with Crippen LogP contribution in [0.4, 0.5) is 0 Å². The molecule has 0 bridgehead atoms. The van der Waals surface area contributed by atoms with Gasteiger partial charge < -0.3 is 40.3 Å². The molecule has 506 valence electrons. The molecule has 1 saturated heterocycles. The lowest BCUT2D eigenvalue weighted by atomic mass is 9.99. The number of carbonyl (C=O) groups excluding carboxylic acids is 1. The third-order valence-electron chi connectivity index (χ3n) is 16.8. The molecule has 6 N–H and O–H groups in total. The lowest BCUT2D eigenvalue weighted by Crippen LogP contribution is -2.60. The first-order valence-electron chi connectivity index (χ1n) is 36.7. The molecule has 88 heavy (non-hydrogen) atoms. The van der Waals surface area contributed by atoms with Gasteiger partial charge in [0.2, 0.25) is 5.91 Å². The fourth-order valence-corrected chi connectivity index (χ4v) is 11.1. The Morgan fingerprint density at radius 3 is 1.05 bits per heavy atom. The average molecular weight is 1230 g/mol. The van der Waals surface area contributed by atoms with Crippen molar-refractivity contribution in [2.24, 2.45) is 0 Å². The molecule has 7 atom stereocenters. The molecule has 7 unspecified atom stereocenters. The highest BCUT2D eigenvalue weighted by Gasteiger charge is 2.44. The summed E-state index contributed by atoms with van der Waals surface area (Å²) < 4.78 is 11.4. The van der Waals surface area contributed by atoms with E-state index in [1.807, 2.05) is 0 Å². The number of carbonyl (C=O) groups is 1. The molecular weight excluding hydrogens is 1090 g/mol. The third-order valence-corrected chi connectivity index (χ3v) is 16.8. The van der Waals surface area contributed by atoms with Crippen molar-refractivity contribution in [3.05, 3.63) is 122 Å². The van der Waals surface area contributed by atoms with Gasteiger partial charge in [0.15, 0.2) is 6.29 Å². The van der Waals surface area contributed by atoms with Gasteiger partial charge in [0, 0.05) is 6.42 Å². The van der Waals surface area contributed by atoms with Crippen molar-refractivity contribution in [3.8, 4) is 0 Å². The number of hydrogen-bond donors (Lipinski definition) is 6. The van der Waals surface area contributed by atoms with Gasteiger partial charge in [-0.3, -0.25) is 4.79 Å². The first-order valence-corrected chi connectivity index (χ1v) is 36.7. The highest BCUT2D eigenvalue weighted by Crippen LogP contribution is 2.24. The molecule has 0 spiro atoms. The van der Waals surface area contributed by atoms with Crippen LogP contribution in [0, 0.1) is 0 Å². The summed E-state index contributed by atoms with van der Waals surface area (Å²) in [6, 6.07) is -0.734. The molecule has 9 nitrogen and oxygen atoms in total. The standard InChI is InChI=1S/C79H137NO8/c1-3-5-7-9-11-13-15-17-19-21-23-25-27-29-31-32-33-34-35-36-37-38-39-40-41-42-43-45-47-49-51-53-55-57-59-61-63-65-67-69-75(83)80-72(71-87-79-78(86)77(85)76(84)74(70-81)88-79)73(82)68-66-64-62-60-58-56-54-52-50-48-46-44-30-28-26-24-22-20-18-16-14-12-10-8-6-4-2/h5,7,11,13,17,19,23,25,29,31,33-34,36-37,39-40,42-43,47,49,72-74,76-79,81-82,84-86H,3-4,6,8-10,12,14-16,18,20-22,24,26-28,30,32,35,38,41,44-46,48,50-71H2,1-2H3,(H,80,83)/b7-5-,13-11-,19-17-,25-23-,31-29-,34-33-,37-36-,40-39-,43-42-,49-47-. The normalized spacial score (nSPS) is 18.6. The van der Waals surface area contributed by atoms with Gasteiger partial charge in [0.05, 0.1) is 25.4 Å². The van der Waals surface area contributed by atoms with E-state index < -0.39 is 49.5 Å². The summed E-state index contributed by atoms with van der Waals surface area (Å²) in [5.74, 6) is -0.154. The number of amides is 1. The number of unbranched alkanes of at least 4 members (excludes halogenated alkanes) is 33. The van der Waals surface area contributed by atoms with Gasteiger partial charge in [-0.05, 0) is 89.9 Å². The summed E-state index contributed by atoms with van der Waals surface area (Å²) in [5, 5.41) is 55.0. The van der Waals surface area contributed by atoms with Gasteiger partial charge >= 0.3 is 0 Å². The Bertz CT molecular complexity index is 1810. The van der Waals surface area contributed by atoms with Gasteiger partial charge in [-0.1, -0.05) is 341 Å². The van der Waals surface area contributed by atoms with E-state index in [-0.39, 0.29) is 12.5 Å². The number of rotatable bonds is 63. The summed E-state index contributed by atoms with van der Waals surface area (Å²) in [6.45, 7) is 3.75. The van der Waals surface area contributed by atoms with Crippen LogP contribution in [0.2, 0.25) is 0 Å². The van der Waals surface area contributed by atoms with E-state index in [0.29, 0.717) is 12.8 Å². The molecule has 9 heteroatoms. The van der Waals surface area contributed by atoms with E-state index in [0.717, 1.165) is 116 Å². The largest absolute Gasteiger partial charge is 0.394 e. The van der Waals surface area contributed by atoms with Crippen LogP contribution in [0.15, 0.2) is 122 Å². The van der Waals surface area contributed by atoms with Gasteiger partial charge in [0.25, 0.3) is 0 Å². The van der Waals surface area contributed by atoms with E-state index in [2.05, 4.69) is 141 Å². The second kappa shape index (κ2) is 66.5. The zero-order valence-electron chi connectivity index (χ0n) is 56.7. The van der Waals surface area contributed by atoms with Gasteiger partial charge in [-0.25, -0.2) is 0 Å². The van der Waals surface area contributed by atoms with E-state index in [1.54, 1.807) is 0 Å². The quantitative estimate of drug-likeness (QED) is 0.0261. The van der Waals surface area contributed by atoms with E-state index in [9.17, 15) is 30.3 Å². The first kappa shape index (κ1) is 82.6. The van der Waals surface area contributed by atoms with Crippen LogP contribution in [0.3, 0.4) is 0 Å². The maximum absolute atomic E-state index is 13.2. The topological polar surface area (TPSA) is 149 Å². The van der Waals surface area contributed by atoms with Gasteiger partial charge in [-0.2, -0.15) is 0 Å². The summed E-state index contributed by atoms with van der Waals surface area (Å²) in [6.07, 6.45) is 92.6. The van der Waals surface area contributed by atoms with Crippen LogP contribution in [-0.4, -0.2) is 87.5 Å². The van der Waals surface area contributed by atoms with Crippen LogP contribution in [0.1, 0.15) is 316 Å². The Hall–Kier alpha value is -3.41. The average Bonchev–Trinajstić information content (AvgIpc) is 3.65. The molecule has 0 aromatic carbocycles. The zero-order valence-corrected chi connectivity index (χ0v) is 56.7. The summed E-state index contributed by atoms with van der Waals surface area (Å²) in [7, 11) is 0. The summed E-state index contributed by atoms with van der Waals surface area (Å²) in [5.41, 5.74) is 0. The van der Waals surface area contributed by atoms with Crippen molar-refractivity contribution >= 4 is 5.91 Å². The molecule has 0 aromatic heterocycles. The van der Waals surface area contributed by atoms with Gasteiger partial charge in [-0.15, -0.1) is 0 Å². The maximum atomic E-state index is 13.2. The second-order valence-electron chi connectivity index (χ2n) is 25.0. The number of nitrogens with one attached hydrogen (secondary N) is 1. The van der Waals surface area contributed by atoms with Crippen molar-refractivity contribution < 1.29 is 39.8 Å². The van der Waals surface area contributed by atoms with Crippen LogP contribution in [0.5, 0.6) is 0 Å². The van der Waals surface area contributed by atoms with Crippen molar-refractivity contribution in [3.63, 3.8) is 0 Å². The number of allylic oxidation sites excluding steroid dienone is 20. The molecule has 1 heterocycles. The highest BCUT2D eigenvalue weighted by atomic mass is 16.7. The molecule has 0 aliphatic carbocycles. The Morgan fingerprint density at radius 1 is 0.398 bits per heavy atom. The molecule has 1 aliphatic rings. The van der Waals surface area contributed by atoms with Crippen molar-refractivity contribution in [1.29, 1.82) is 0 Å². The van der Waals surface area contributed by atoms with Crippen molar-refractivity contribution in [2.75, 3.05) is 13.2 Å². The zero-order chi connectivity index (χ0) is 63.5. The fraction of sp³-hybridized carbons (Fsp3) is 0.734. The van der Waals surface area contributed by atoms with E-state index in [1.165, 1.54) is 173 Å². The van der Waals surface area contributed by atoms with Gasteiger partial charge in [0.1, 0.15) is 24.4 Å². The van der Waals surface area contributed by atoms with Crippen LogP contribution < -0.4 is 5.32 Å². The van der Waals surface area contributed by atoms with Crippen molar-refractivity contribution in [1.82, 2.24) is 5.32 Å². The number of aliphatic hydroxyl groups is 5. The smallest absolute Gasteiger partial charge is 0.220 e. The molecule has 1 aliphatic heterocycles. The minimum Gasteiger partial charge on any atom is -0.394 e.